The van der Waals surface area contributed by atoms with Crippen molar-refractivity contribution in [1.82, 2.24) is 9.78 Å². The molecule has 0 amide bonds. The van der Waals surface area contributed by atoms with Crippen LogP contribution in [0.5, 0.6) is 0 Å². The third-order valence-electron chi connectivity index (χ3n) is 3.10. The number of nitrogens with two attached hydrogens (primary N) is 1. The molecule has 0 fully saturated rings. The van der Waals surface area contributed by atoms with Gasteiger partial charge < -0.3 is 15.3 Å². The van der Waals surface area contributed by atoms with Gasteiger partial charge in [0, 0.05) is 22.9 Å². The number of halogens is 3. The molecule has 0 aliphatic rings. The van der Waals surface area contributed by atoms with Gasteiger partial charge in [-0.25, -0.2) is 9.59 Å². The Morgan fingerprint density at radius 2 is 2.00 bits per heavy atom. The van der Waals surface area contributed by atoms with Crippen molar-refractivity contribution in [2.45, 2.75) is 25.7 Å². The van der Waals surface area contributed by atoms with Crippen LogP contribution in [-0.4, -0.2) is 33.1 Å². The van der Waals surface area contributed by atoms with Crippen molar-refractivity contribution in [1.29, 1.82) is 0 Å². The quantitative estimate of drug-likeness (QED) is 0.680. The van der Waals surface area contributed by atoms with E-state index in [0.29, 0.717) is 12.1 Å². The molecule has 3 aromatic rings. The highest BCUT2D eigenvalue weighted by molar-refractivity contribution is 6.03. The zero-order valence-corrected chi connectivity index (χ0v) is 12.9. The number of hydrogen-bond acceptors (Lipinski definition) is 5. The van der Waals surface area contributed by atoms with E-state index in [0.717, 1.165) is 16.3 Å². The van der Waals surface area contributed by atoms with Gasteiger partial charge in [0.1, 0.15) is 5.58 Å². The molecule has 25 heavy (non-hydrogen) atoms. The molecule has 0 aliphatic heterocycles. The van der Waals surface area contributed by atoms with Gasteiger partial charge in [-0.1, -0.05) is 0 Å². The maximum Gasteiger partial charge on any atom is 0.490 e. The van der Waals surface area contributed by atoms with Gasteiger partial charge in [0.25, 0.3) is 0 Å². The summed E-state index contributed by atoms with van der Waals surface area (Å²) >= 11 is 0. The summed E-state index contributed by atoms with van der Waals surface area (Å²) in [7, 11) is 0. The van der Waals surface area contributed by atoms with Gasteiger partial charge in [0.2, 0.25) is 0 Å². The van der Waals surface area contributed by atoms with Gasteiger partial charge in [0.05, 0.1) is 18.3 Å². The standard InChI is InChI=1S/C13H13N3O2.C2HF3O2/c1-8(14)7-16-13-9(6-15-16)2-4-11-10(13)3-5-12(17)18-11;3-2(4,5)1(6)7/h2-6,8H,7,14H2,1H3;(H,6,7)/t8-;/m0./s1. The molecule has 134 valence electrons. The Hall–Kier alpha value is -2.88. The smallest absolute Gasteiger partial charge is 0.475 e. The molecule has 0 radical (unpaired) electrons. The number of hydrogen-bond donors (Lipinski definition) is 2. The monoisotopic (exact) mass is 357 g/mol. The van der Waals surface area contributed by atoms with E-state index >= 15 is 0 Å². The van der Waals surface area contributed by atoms with E-state index in [4.69, 9.17) is 20.1 Å². The predicted octanol–water partition coefficient (Wildman–Crippen LogP) is 2.12. The molecule has 0 bridgehead atoms. The molecule has 0 spiro atoms. The fraction of sp³-hybridized carbons (Fsp3) is 0.267. The van der Waals surface area contributed by atoms with Crippen LogP contribution < -0.4 is 11.4 Å². The summed E-state index contributed by atoms with van der Waals surface area (Å²) in [4.78, 5) is 20.1. The Kier molecular flexibility index (Phi) is 5.12. The first-order valence-electron chi connectivity index (χ1n) is 7.03. The second-order valence-electron chi connectivity index (χ2n) is 5.28. The molecular weight excluding hydrogens is 343 g/mol. The average Bonchev–Trinajstić information content (AvgIpc) is 2.89. The zero-order chi connectivity index (χ0) is 18.8. The van der Waals surface area contributed by atoms with E-state index in [1.54, 1.807) is 18.3 Å². The van der Waals surface area contributed by atoms with E-state index in [9.17, 15) is 18.0 Å². The fourth-order valence-electron chi connectivity index (χ4n) is 2.14. The minimum atomic E-state index is -5.08. The van der Waals surface area contributed by atoms with Crippen LogP contribution in [0.3, 0.4) is 0 Å². The second-order valence-corrected chi connectivity index (χ2v) is 5.28. The first-order chi connectivity index (χ1) is 11.6. The number of fused-ring (bicyclic) bond motifs is 3. The Morgan fingerprint density at radius 3 is 2.56 bits per heavy atom. The summed E-state index contributed by atoms with van der Waals surface area (Å²) in [5, 5.41) is 13.3. The number of benzene rings is 1. The summed E-state index contributed by atoms with van der Waals surface area (Å²) < 4.78 is 38.8. The van der Waals surface area contributed by atoms with Crippen LogP contribution in [0.25, 0.3) is 21.9 Å². The SMILES string of the molecule is C[C@H](N)Cn1ncc2ccc3oc(=O)ccc3c21.O=C(O)C(F)(F)F. The first-order valence-corrected chi connectivity index (χ1v) is 7.03. The average molecular weight is 357 g/mol. The van der Waals surface area contributed by atoms with Gasteiger partial charge in [-0.3, -0.25) is 4.68 Å². The highest BCUT2D eigenvalue weighted by Crippen LogP contribution is 2.24. The van der Waals surface area contributed by atoms with Gasteiger partial charge >= 0.3 is 17.8 Å². The van der Waals surface area contributed by atoms with E-state index < -0.39 is 12.1 Å². The van der Waals surface area contributed by atoms with Crippen LogP contribution in [0.2, 0.25) is 0 Å². The Bertz CT molecular complexity index is 960. The van der Waals surface area contributed by atoms with Crippen molar-refractivity contribution in [2.75, 3.05) is 0 Å². The summed E-state index contributed by atoms with van der Waals surface area (Å²) in [6.45, 7) is 2.56. The maximum absolute atomic E-state index is 11.2. The molecule has 2 heterocycles. The van der Waals surface area contributed by atoms with Crippen LogP contribution in [0.1, 0.15) is 6.92 Å². The highest BCUT2D eigenvalue weighted by atomic mass is 19.4. The zero-order valence-electron chi connectivity index (χ0n) is 12.9. The molecule has 0 aliphatic carbocycles. The van der Waals surface area contributed by atoms with Crippen LogP contribution in [0.4, 0.5) is 13.2 Å². The number of aromatic nitrogens is 2. The third-order valence-corrected chi connectivity index (χ3v) is 3.10. The van der Waals surface area contributed by atoms with Gasteiger partial charge in [-0.15, -0.1) is 0 Å². The predicted molar refractivity (Wildman–Crippen MR) is 83.1 cm³/mol. The molecule has 3 rings (SSSR count). The molecule has 3 N–H and O–H groups in total. The van der Waals surface area contributed by atoms with E-state index in [1.165, 1.54) is 6.07 Å². The molecule has 10 heteroatoms. The van der Waals surface area contributed by atoms with Gasteiger partial charge in [0.15, 0.2) is 0 Å². The van der Waals surface area contributed by atoms with Gasteiger partial charge in [-0.05, 0) is 25.1 Å². The largest absolute Gasteiger partial charge is 0.490 e. The molecule has 0 saturated carbocycles. The van der Waals surface area contributed by atoms with Crippen LogP contribution >= 0.6 is 0 Å². The number of nitrogens with zero attached hydrogens (tertiary/aromatic N) is 2. The van der Waals surface area contributed by atoms with Crippen LogP contribution in [-0.2, 0) is 11.3 Å². The second kappa shape index (κ2) is 6.93. The summed E-state index contributed by atoms with van der Waals surface area (Å²) in [6, 6.07) is 6.88. The minimum Gasteiger partial charge on any atom is -0.475 e. The summed E-state index contributed by atoms with van der Waals surface area (Å²) in [6.07, 6.45) is -3.29. The highest BCUT2D eigenvalue weighted by Gasteiger charge is 2.38. The number of rotatable bonds is 2. The molecule has 1 aromatic carbocycles. The Morgan fingerprint density at radius 1 is 1.36 bits per heavy atom. The number of carboxylic acids is 1. The molecule has 7 nitrogen and oxygen atoms in total. The summed E-state index contributed by atoms with van der Waals surface area (Å²) in [5.41, 5.74) is 6.98. The number of carboxylic acid groups (broad SMARTS) is 1. The lowest BCUT2D eigenvalue weighted by Crippen LogP contribution is -2.22. The maximum atomic E-state index is 11.2. The van der Waals surface area contributed by atoms with Crippen molar-refractivity contribution < 1.29 is 27.5 Å². The number of aliphatic carboxylic acids is 1. The van der Waals surface area contributed by atoms with Crippen molar-refractivity contribution in [3.8, 4) is 0 Å². The Balaban J connectivity index is 0.000000277. The molecular formula is C15H14F3N3O4. The van der Waals surface area contributed by atoms with Crippen molar-refractivity contribution in [3.05, 3.63) is 40.9 Å². The third kappa shape index (κ3) is 4.35. The number of carbonyl (C=O) groups is 1. The van der Waals surface area contributed by atoms with Crippen molar-refractivity contribution in [3.63, 3.8) is 0 Å². The lowest BCUT2D eigenvalue weighted by atomic mass is 10.1. The van der Waals surface area contributed by atoms with Crippen LogP contribution in [0, 0.1) is 0 Å². The first kappa shape index (κ1) is 18.5. The van der Waals surface area contributed by atoms with Crippen molar-refractivity contribution >= 4 is 27.8 Å². The fourth-order valence-corrected chi connectivity index (χ4v) is 2.14. The number of alkyl halides is 3. The minimum absolute atomic E-state index is 0.0130. The summed E-state index contributed by atoms with van der Waals surface area (Å²) in [5.74, 6) is -2.76. The molecule has 0 saturated heterocycles. The normalized spacial score (nSPS) is 12.7. The topological polar surface area (TPSA) is 111 Å². The molecule has 2 aromatic heterocycles. The van der Waals surface area contributed by atoms with Crippen molar-refractivity contribution in [2.24, 2.45) is 5.73 Å². The van der Waals surface area contributed by atoms with E-state index in [-0.39, 0.29) is 11.7 Å². The molecule has 0 unspecified atom stereocenters. The lowest BCUT2D eigenvalue weighted by Gasteiger charge is -2.08. The lowest BCUT2D eigenvalue weighted by molar-refractivity contribution is -0.192. The van der Waals surface area contributed by atoms with Crippen LogP contribution in [0.15, 0.2) is 39.7 Å². The Labute approximate surface area is 138 Å². The van der Waals surface area contributed by atoms with Gasteiger partial charge in [-0.2, -0.15) is 18.3 Å². The van der Waals surface area contributed by atoms with E-state index in [2.05, 4.69) is 5.10 Å². The van der Waals surface area contributed by atoms with E-state index in [1.807, 2.05) is 17.7 Å². The molecule has 1 atom stereocenters.